The molecule has 1 atom stereocenters. The van der Waals surface area contributed by atoms with Gasteiger partial charge in [-0.25, -0.2) is 0 Å². The highest BCUT2D eigenvalue weighted by Gasteiger charge is 2.15. The summed E-state index contributed by atoms with van der Waals surface area (Å²) in [5.41, 5.74) is 0.956. The Morgan fingerprint density at radius 2 is 2.00 bits per heavy atom. The Balaban J connectivity index is 1.66. The zero-order chi connectivity index (χ0) is 15.4. The molecule has 112 valence electrons. The van der Waals surface area contributed by atoms with E-state index in [0.717, 1.165) is 16.9 Å². The molecule has 0 fully saturated rings. The zero-order valence-corrected chi connectivity index (χ0v) is 12.9. The summed E-state index contributed by atoms with van der Waals surface area (Å²) in [6.45, 7) is 0. The van der Waals surface area contributed by atoms with Crippen molar-refractivity contribution in [3.63, 3.8) is 0 Å². The maximum Gasteiger partial charge on any atom is 0.293 e. The Hall–Kier alpha value is -2.32. The molecule has 0 saturated heterocycles. The molecule has 1 aromatic carbocycles. The van der Waals surface area contributed by atoms with Crippen molar-refractivity contribution < 1.29 is 13.4 Å². The van der Waals surface area contributed by atoms with Gasteiger partial charge in [0.25, 0.3) is 5.91 Å². The molecule has 0 aliphatic carbocycles. The molecule has 1 amide bonds. The van der Waals surface area contributed by atoms with Crippen LogP contribution in [0.25, 0.3) is 0 Å². The minimum Gasteiger partial charge on any atom is -0.459 e. The van der Waals surface area contributed by atoms with Gasteiger partial charge < -0.3 is 4.42 Å². The first-order valence-corrected chi connectivity index (χ1v) is 8.46. The van der Waals surface area contributed by atoms with E-state index in [4.69, 9.17) is 4.42 Å². The summed E-state index contributed by atoms with van der Waals surface area (Å²) < 4.78 is 17.6. The van der Waals surface area contributed by atoms with Crippen molar-refractivity contribution in [2.45, 2.75) is 10.1 Å². The van der Waals surface area contributed by atoms with E-state index in [1.165, 1.54) is 6.26 Å². The van der Waals surface area contributed by atoms with Crippen molar-refractivity contribution in [2.75, 3.05) is 5.32 Å². The van der Waals surface area contributed by atoms with Crippen LogP contribution in [-0.4, -0.2) is 20.3 Å². The highest BCUT2D eigenvalue weighted by molar-refractivity contribution is 7.86. The average molecular weight is 333 g/mol. The third-order valence-corrected chi connectivity index (χ3v) is 5.21. The molecule has 0 bridgehead atoms. The van der Waals surface area contributed by atoms with Crippen molar-refractivity contribution in [3.8, 4) is 0 Å². The van der Waals surface area contributed by atoms with Crippen molar-refractivity contribution in [3.05, 3.63) is 60.1 Å². The van der Waals surface area contributed by atoms with Gasteiger partial charge in [-0.3, -0.25) is 14.3 Å². The van der Waals surface area contributed by atoms with Crippen molar-refractivity contribution in [1.29, 1.82) is 0 Å². The topological polar surface area (TPSA) is 85.1 Å². The minimum absolute atomic E-state index is 0.183. The summed E-state index contributed by atoms with van der Waals surface area (Å²) in [6, 6.07) is 12.7. The van der Waals surface area contributed by atoms with Crippen molar-refractivity contribution in [1.82, 2.24) is 10.2 Å². The molecule has 0 aliphatic heterocycles. The van der Waals surface area contributed by atoms with Crippen LogP contribution in [0.15, 0.2) is 57.5 Å². The van der Waals surface area contributed by atoms with Gasteiger partial charge in [-0.1, -0.05) is 41.7 Å². The lowest BCUT2D eigenvalue weighted by molar-refractivity contribution is 0.0996. The molecule has 2 aromatic heterocycles. The number of carbonyl (C=O) groups is 1. The van der Waals surface area contributed by atoms with Crippen LogP contribution in [0.5, 0.6) is 0 Å². The van der Waals surface area contributed by atoms with Gasteiger partial charge in [0.15, 0.2) is 5.76 Å². The normalized spacial score (nSPS) is 12.0. The van der Waals surface area contributed by atoms with E-state index in [0.29, 0.717) is 10.1 Å². The highest BCUT2D eigenvalue weighted by Crippen LogP contribution is 2.21. The average Bonchev–Trinajstić information content (AvgIpc) is 3.19. The molecule has 3 aromatic rings. The standard InChI is InChI=1S/C14H11N3O3S2/c18-12(11-7-4-8-20-11)15-13-16-17-14(21-13)22(19)9-10-5-2-1-3-6-10/h1-8H,9H2,(H,15,16,18)/t22-/m0/s1. The smallest absolute Gasteiger partial charge is 0.293 e. The number of amides is 1. The molecule has 0 unspecified atom stereocenters. The third-order valence-electron chi connectivity index (χ3n) is 2.71. The van der Waals surface area contributed by atoms with Gasteiger partial charge in [0.1, 0.15) is 0 Å². The number of nitrogens with zero attached hydrogens (tertiary/aromatic N) is 2. The first-order valence-electron chi connectivity index (χ1n) is 6.33. The second-order valence-corrected chi connectivity index (χ2v) is 6.88. The molecule has 1 N–H and O–H groups in total. The van der Waals surface area contributed by atoms with Gasteiger partial charge in [-0.15, -0.1) is 10.2 Å². The molecular weight excluding hydrogens is 322 g/mol. The van der Waals surface area contributed by atoms with E-state index in [1.54, 1.807) is 12.1 Å². The van der Waals surface area contributed by atoms with Gasteiger partial charge in [-0.05, 0) is 17.7 Å². The lowest BCUT2D eigenvalue weighted by atomic mass is 10.2. The summed E-state index contributed by atoms with van der Waals surface area (Å²) in [5.74, 6) is 0.130. The van der Waals surface area contributed by atoms with Crippen LogP contribution in [0.4, 0.5) is 5.13 Å². The van der Waals surface area contributed by atoms with Crippen LogP contribution in [0.2, 0.25) is 0 Å². The van der Waals surface area contributed by atoms with Crippen molar-refractivity contribution >= 4 is 33.2 Å². The Labute approximate surface area is 132 Å². The number of carbonyl (C=O) groups excluding carboxylic acids is 1. The van der Waals surface area contributed by atoms with Crippen LogP contribution >= 0.6 is 11.3 Å². The van der Waals surface area contributed by atoms with Crippen molar-refractivity contribution in [2.24, 2.45) is 0 Å². The fraction of sp³-hybridized carbons (Fsp3) is 0.0714. The third kappa shape index (κ3) is 3.46. The van der Waals surface area contributed by atoms with Crippen LogP contribution in [-0.2, 0) is 16.6 Å². The van der Waals surface area contributed by atoms with Crippen LogP contribution < -0.4 is 5.32 Å². The summed E-state index contributed by atoms with van der Waals surface area (Å²) in [4.78, 5) is 11.8. The van der Waals surface area contributed by atoms with Crippen LogP contribution in [0.3, 0.4) is 0 Å². The van der Waals surface area contributed by atoms with E-state index in [1.807, 2.05) is 30.3 Å². The fourth-order valence-corrected chi connectivity index (χ4v) is 3.71. The predicted molar refractivity (Wildman–Crippen MR) is 83.1 cm³/mol. The van der Waals surface area contributed by atoms with Gasteiger partial charge >= 0.3 is 0 Å². The lowest BCUT2D eigenvalue weighted by Crippen LogP contribution is -2.10. The maximum absolute atomic E-state index is 12.2. The molecule has 3 rings (SSSR count). The first-order chi connectivity index (χ1) is 10.7. The number of benzene rings is 1. The summed E-state index contributed by atoms with van der Waals surface area (Å²) in [6.07, 6.45) is 1.41. The molecule has 0 radical (unpaired) electrons. The molecule has 6 nitrogen and oxygen atoms in total. The van der Waals surface area contributed by atoms with E-state index in [9.17, 15) is 9.00 Å². The quantitative estimate of drug-likeness (QED) is 0.726. The number of rotatable bonds is 5. The van der Waals surface area contributed by atoms with Gasteiger partial charge in [-0.2, -0.15) is 0 Å². The number of hydrogen-bond donors (Lipinski definition) is 1. The minimum atomic E-state index is -1.29. The summed E-state index contributed by atoms with van der Waals surface area (Å²) in [5, 5.41) is 10.6. The van der Waals surface area contributed by atoms with Gasteiger partial charge in [0.05, 0.1) is 22.8 Å². The van der Waals surface area contributed by atoms with Crippen LogP contribution in [0.1, 0.15) is 16.1 Å². The van der Waals surface area contributed by atoms with E-state index in [2.05, 4.69) is 15.5 Å². The second-order valence-electron chi connectivity index (χ2n) is 4.28. The molecular formula is C14H11N3O3S2. The zero-order valence-electron chi connectivity index (χ0n) is 11.3. The van der Waals surface area contributed by atoms with Gasteiger partial charge in [0.2, 0.25) is 9.47 Å². The Bertz CT molecular complexity index is 785. The molecule has 0 saturated carbocycles. The number of furan rings is 1. The SMILES string of the molecule is O=C(Nc1nnc([S@@](=O)Cc2ccccc2)s1)c1ccco1. The molecule has 0 aliphatic rings. The first kappa shape index (κ1) is 14.6. The number of hydrogen-bond acceptors (Lipinski definition) is 6. The molecule has 2 heterocycles. The maximum atomic E-state index is 12.2. The number of nitrogens with one attached hydrogen (secondary N) is 1. The van der Waals surface area contributed by atoms with E-state index < -0.39 is 16.7 Å². The van der Waals surface area contributed by atoms with E-state index in [-0.39, 0.29) is 10.9 Å². The Kier molecular flexibility index (Phi) is 4.40. The Morgan fingerprint density at radius 1 is 1.18 bits per heavy atom. The summed E-state index contributed by atoms with van der Waals surface area (Å²) >= 11 is 1.09. The number of anilines is 1. The Morgan fingerprint density at radius 3 is 2.73 bits per heavy atom. The fourth-order valence-electron chi connectivity index (χ4n) is 1.71. The molecule has 22 heavy (non-hydrogen) atoms. The predicted octanol–water partition coefficient (Wildman–Crippen LogP) is 2.69. The molecule has 0 spiro atoms. The monoisotopic (exact) mass is 333 g/mol. The van der Waals surface area contributed by atoms with Crippen LogP contribution in [0, 0.1) is 0 Å². The second kappa shape index (κ2) is 6.63. The van der Waals surface area contributed by atoms with E-state index >= 15 is 0 Å². The highest BCUT2D eigenvalue weighted by atomic mass is 32.2. The molecule has 8 heteroatoms. The largest absolute Gasteiger partial charge is 0.459 e. The summed E-state index contributed by atoms with van der Waals surface area (Å²) in [7, 11) is -1.29. The van der Waals surface area contributed by atoms with Gasteiger partial charge in [0, 0.05) is 0 Å². The number of aromatic nitrogens is 2. The lowest BCUT2D eigenvalue weighted by Gasteiger charge is -1.98.